The maximum Gasteiger partial charge on any atom is 0.274 e. The number of hydrogen-bond donors (Lipinski definition) is 1. The molecular formula is C20H20N4O2. The fourth-order valence-corrected chi connectivity index (χ4v) is 3.41. The van der Waals surface area contributed by atoms with E-state index in [-0.39, 0.29) is 17.2 Å². The first-order chi connectivity index (χ1) is 12.7. The summed E-state index contributed by atoms with van der Waals surface area (Å²) in [7, 11) is 0. The lowest BCUT2D eigenvalue weighted by Gasteiger charge is -2.34. The van der Waals surface area contributed by atoms with Crippen LogP contribution in [0.4, 0.5) is 0 Å². The van der Waals surface area contributed by atoms with E-state index < -0.39 is 0 Å². The lowest BCUT2D eigenvalue weighted by molar-refractivity contribution is 0.0622. The molecule has 2 heterocycles. The zero-order chi connectivity index (χ0) is 17.9. The minimum Gasteiger partial charge on any atom is -0.335 e. The van der Waals surface area contributed by atoms with Crippen molar-refractivity contribution in [3.05, 3.63) is 76.2 Å². The molecule has 1 amide bonds. The van der Waals surface area contributed by atoms with Gasteiger partial charge in [0, 0.05) is 38.8 Å². The molecule has 0 spiro atoms. The third kappa shape index (κ3) is 3.36. The van der Waals surface area contributed by atoms with Gasteiger partial charge in [-0.2, -0.15) is 5.10 Å². The lowest BCUT2D eigenvalue weighted by atomic mass is 10.0. The maximum atomic E-state index is 12.5. The summed E-state index contributed by atoms with van der Waals surface area (Å²) in [6.07, 6.45) is 0. The Bertz CT molecular complexity index is 965. The number of rotatable bonds is 3. The molecule has 4 rings (SSSR count). The summed E-state index contributed by atoms with van der Waals surface area (Å²) < 4.78 is 0. The van der Waals surface area contributed by atoms with Crippen molar-refractivity contribution in [2.75, 3.05) is 26.2 Å². The molecule has 1 aliphatic rings. The van der Waals surface area contributed by atoms with Crippen molar-refractivity contribution in [2.45, 2.75) is 6.54 Å². The molecule has 1 fully saturated rings. The third-order valence-corrected chi connectivity index (χ3v) is 4.83. The van der Waals surface area contributed by atoms with Gasteiger partial charge >= 0.3 is 0 Å². The summed E-state index contributed by atoms with van der Waals surface area (Å²) in [6.45, 7) is 3.83. The first-order valence-electron chi connectivity index (χ1n) is 8.75. The van der Waals surface area contributed by atoms with Gasteiger partial charge in [-0.3, -0.25) is 14.5 Å². The van der Waals surface area contributed by atoms with Crippen LogP contribution in [0.5, 0.6) is 0 Å². The number of piperazine rings is 1. The number of carbonyl (C=O) groups is 1. The average molecular weight is 348 g/mol. The van der Waals surface area contributed by atoms with E-state index in [2.05, 4.69) is 57.6 Å². The number of carbonyl (C=O) groups excluding carboxylic acids is 1. The van der Waals surface area contributed by atoms with Crippen LogP contribution in [0.15, 0.2) is 59.4 Å². The molecule has 6 heteroatoms. The van der Waals surface area contributed by atoms with Crippen LogP contribution in [0.25, 0.3) is 10.8 Å². The van der Waals surface area contributed by atoms with Crippen LogP contribution < -0.4 is 5.56 Å². The van der Waals surface area contributed by atoms with Gasteiger partial charge in [0.15, 0.2) is 0 Å². The summed E-state index contributed by atoms with van der Waals surface area (Å²) >= 11 is 0. The molecule has 132 valence electrons. The second kappa shape index (κ2) is 7.09. The quantitative estimate of drug-likeness (QED) is 0.785. The number of nitrogens with one attached hydrogen (secondary N) is 1. The standard InChI is InChI=1S/C20H20N4O2/c25-19-9-8-18(21-22-19)20(26)24-12-10-23(11-13-24)14-16-6-3-5-15-4-1-2-7-17(15)16/h1-9H,10-14H2,(H,22,25). The highest BCUT2D eigenvalue weighted by Gasteiger charge is 2.23. The summed E-state index contributed by atoms with van der Waals surface area (Å²) in [6, 6.07) is 17.6. The van der Waals surface area contributed by atoms with E-state index in [9.17, 15) is 9.59 Å². The number of aromatic amines is 1. The topological polar surface area (TPSA) is 69.3 Å². The molecule has 3 aromatic rings. The van der Waals surface area contributed by atoms with Gasteiger partial charge in [0.1, 0.15) is 5.69 Å². The van der Waals surface area contributed by atoms with Crippen LogP contribution in [0, 0.1) is 0 Å². The molecule has 0 saturated carbocycles. The van der Waals surface area contributed by atoms with E-state index in [0.717, 1.165) is 19.6 Å². The number of H-pyrrole nitrogens is 1. The predicted octanol–water partition coefficient (Wildman–Crippen LogP) is 1.88. The molecular weight excluding hydrogens is 328 g/mol. The first-order valence-corrected chi connectivity index (χ1v) is 8.75. The van der Waals surface area contributed by atoms with E-state index >= 15 is 0 Å². The highest BCUT2D eigenvalue weighted by atomic mass is 16.2. The van der Waals surface area contributed by atoms with Crippen molar-refractivity contribution in [3.63, 3.8) is 0 Å². The van der Waals surface area contributed by atoms with Crippen LogP contribution in [0.1, 0.15) is 16.1 Å². The Balaban J connectivity index is 1.41. The van der Waals surface area contributed by atoms with E-state index in [0.29, 0.717) is 13.1 Å². The lowest BCUT2D eigenvalue weighted by Crippen LogP contribution is -2.48. The summed E-state index contributed by atoms with van der Waals surface area (Å²) in [5.41, 5.74) is 1.29. The maximum absolute atomic E-state index is 12.5. The number of hydrogen-bond acceptors (Lipinski definition) is 4. The smallest absolute Gasteiger partial charge is 0.274 e. The van der Waals surface area contributed by atoms with Crippen LogP contribution >= 0.6 is 0 Å². The summed E-state index contributed by atoms with van der Waals surface area (Å²) in [5, 5.41) is 8.68. The van der Waals surface area contributed by atoms with Crippen LogP contribution in [0.3, 0.4) is 0 Å². The Morgan fingerprint density at radius 3 is 2.50 bits per heavy atom. The molecule has 0 atom stereocenters. The molecule has 0 unspecified atom stereocenters. The zero-order valence-electron chi connectivity index (χ0n) is 14.4. The van der Waals surface area contributed by atoms with E-state index in [1.165, 1.54) is 28.5 Å². The van der Waals surface area contributed by atoms with E-state index in [4.69, 9.17) is 0 Å². The Morgan fingerprint density at radius 1 is 0.962 bits per heavy atom. The van der Waals surface area contributed by atoms with E-state index in [1.807, 2.05) is 0 Å². The molecule has 1 aliphatic heterocycles. The van der Waals surface area contributed by atoms with Gasteiger partial charge in [-0.1, -0.05) is 42.5 Å². The van der Waals surface area contributed by atoms with Gasteiger partial charge in [0.25, 0.3) is 11.5 Å². The van der Waals surface area contributed by atoms with Crippen molar-refractivity contribution in [3.8, 4) is 0 Å². The minimum absolute atomic E-state index is 0.133. The second-order valence-corrected chi connectivity index (χ2v) is 6.51. The molecule has 26 heavy (non-hydrogen) atoms. The van der Waals surface area contributed by atoms with Gasteiger partial charge in [-0.05, 0) is 22.4 Å². The largest absolute Gasteiger partial charge is 0.335 e. The van der Waals surface area contributed by atoms with Crippen molar-refractivity contribution >= 4 is 16.7 Å². The minimum atomic E-state index is -0.304. The monoisotopic (exact) mass is 348 g/mol. The predicted molar refractivity (Wildman–Crippen MR) is 100.0 cm³/mol. The highest BCUT2D eigenvalue weighted by molar-refractivity contribution is 5.92. The fourth-order valence-electron chi connectivity index (χ4n) is 3.41. The Morgan fingerprint density at radius 2 is 1.73 bits per heavy atom. The molecule has 0 radical (unpaired) electrons. The SMILES string of the molecule is O=C(c1ccc(=O)[nH]n1)N1CCN(Cc2cccc3ccccc23)CC1. The van der Waals surface area contributed by atoms with Crippen molar-refractivity contribution in [2.24, 2.45) is 0 Å². The van der Waals surface area contributed by atoms with Crippen molar-refractivity contribution in [1.29, 1.82) is 0 Å². The Kier molecular flexibility index (Phi) is 4.50. The summed E-state index contributed by atoms with van der Waals surface area (Å²) in [4.78, 5) is 27.7. The Labute approximate surface area is 151 Å². The number of benzene rings is 2. The van der Waals surface area contributed by atoms with Crippen molar-refractivity contribution in [1.82, 2.24) is 20.0 Å². The number of amides is 1. The number of nitrogens with zero attached hydrogens (tertiary/aromatic N) is 3. The molecule has 1 saturated heterocycles. The molecule has 0 aliphatic carbocycles. The van der Waals surface area contributed by atoms with Gasteiger partial charge in [0.05, 0.1) is 0 Å². The normalized spacial score (nSPS) is 15.3. The highest BCUT2D eigenvalue weighted by Crippen LogP contribution is 2.20. The fraction of sp³-hybridized carbons (Fsp3) is 0.250. The first kappa shape index (κ1) is 16.5. The molecule has 2 aromatic carbocycles. The molecule has 1 aromatic heterocycles. The number of aromatic nitrogens is 2. The van der Waals surface area contributed by atoms with Crippen LogP contribution in [-0.4, -0.2) is 52.1 Å². The van der Waals surface area contributed by atoms with Gasteiger partial charge < -0.3 is 4.90 Å². The Hall–Kier alpha value is -2.99. The number of fused-ring (bicyclic) bond motifs is 1. The third-order valence-electron chi connectivity index (χ3n) is 4.83. The van der Waals surface area contributed by atoms with Crippen molar-refractivity contribution < 1.29 is 4.79 Å². The molecule has 0 bridgehead atoms. The van der Waals surface area contributed by atoms with Crippen LogP contribution in [0.2, 0.25) is 0 Å². The average Bonchev–Trinajstić information content (AvgIpc) is 2.69. The van der Waals surface area contributed by atoms with Gasteiger partial charge in [0.2, 0.25) is 0 Å². The molecule has 6 nitrogen and oxygen atoms in total. The zero-order valence-corrected chi connectivity index (χ0v) is 14.4. The van der Waals surface area contributed by atoms with E-state index in [1.54, 1.807) is 4.90 Å². The second-order valence-electron chi connectivity index (χ2n) is 6.51. The van der Waals surface area contributed by atoms with Gasteiger partial charge in [-0.25, -0.2) is 5.10 Å². The molecule has 1 N–H and O–H groups in total. The van der Waals surface area contributed by atoms with Gasteiger partial charge in [-0.15, -0.1) is 0 Å². The van der Waals surface area contributed by atoms with Crippen LogP contribution in [-0.2, 0) is 6.54 Å². The summed E-state index contributed by atoms with van der Waals surface area (Å²) in [5.74, 6) is -0.133.